The summed E-state index contributed by atoms with van der Waals surface area (Å²) >= 11 is 0. The first-order valence-electron chi connectivity index (χ1n) is 6.89. The highest BCUT2D eigenvalue weighted by Gasteiger charge is 2.06. The van der Waals surface area contributed by atoms with Gasteiger partial charge in [-0.3, -0.25) is 0 Å². The summed E-state index contributed by atoms with van der Waals surface area (Å²) in [6.45, 7) is 1.10. The van der Waals surface area contributed by atoms with Gasteiger partial charge >= 0.3 is 0 Å². The van der Waals surface area contributed by atoms with Crippen LogP contribution in [-0.2, 0) is 13.0 Å². The molecule has 0 aliphatic rings. The predicted molar refractivity (Wildman–Crippen MR) is 83.1 cm³/mol. The molecule has 0 amide bonds. The van der Waals surface area contributed by atoms with Crippen molar-refractivity contribution in [2.75, 3.05) is 20.8 Å². The summed E-state index contributed by atoms with van der Waals surface area (Å²) in [4.78, 5) is 0. The second-order valence-electron chi connectivity index (χ2n) is 4.66. The van der Waals surface area contributed by atoms with Crippen molar-refractivity contribution in [2.45, 2.75) is 13.0 Å². The summed E-state index contributed by atoms with van der Waals surface area (Å²) in [7, 11) is 3.29. The molecule has 2 rings (SSSR count). The summed E-state index contributed by atoms with van der Waals surface area (Å²) in [6.07, 6.45) is 0.828. The molecule has 0 fully saturated rings. The van der Waals surface area contributed by atoms with E-state index in [0.717, 1.165) is 34.8 Å². The van der Waals surface area contributed by atoms with Gasteiger partial charge in [0.2, 0.25) is 0 Å². The Kier molecular flexibility index (Phi) is 5.46. The Balaban J connectivity index is 2.04. The van der Waals surface area contributed by atoms with E-state index in [1.54, 1.807) is 14.2 Å². The van der Waals surface area contributed by atoms with Gasteiger partial charge in [0, 0.05) is 0 Å². The SMILES string of the molecule is COc1ccc(COc2ccc(CCN)cc2OC)cc1. The molecule has 0 saturated heterocycles. The average Bonchev–Trinajstić information content (AvgIpc) is 2.54. The number of rotatable bonds is 7. The summed E-state index contributed by atoms with van der Waals surface area (Å²) in [6, 6.07) is 13.7. The summed E-state index contributed by atoms with van der Waals surface area (Å²) in [5.74, 6) is 2.30. The highest BCUT2D eigenvalue weighted by Crippen LogP contribution is 2.29. The fourth-order valence-corrected chi connectivity index (χ4v) is 2.04. The molecule has 0 aliphatic heterocycles. The van der Waals surface area contributed by atoms with Crippen LogP contribution in [0.5, 0.6) is 17.2 Å². The van der Waals surface area contributed by atoms with Crippen molar-refractivity contribution < 1.29 is 14.2 Å². The van der Waals surface area contributed by atoms with Crippen molar-refractivity contribution in [3.63, 3.8) is 0 Å². The van der Waals surface area contributed by atoms with Crippen LogP contribution in [0.2, 0.25) is 0 Å². The van der Waals surface area contributed by atoms with Gasteiger partial charge in [-0.05, 0) is 48.4 Å². The largest absolute Gasteiger partial charge is 0.497 e. The van der Waals surface area contributed by atoms with Crippen LogP contribution in [0.15, 0.2) is 42.5 Å². The van der Waals surface area contributed by atoms with Gasteiger partial charge in [0.1, 0.15) is 12.4 Å². The minimum absolute atomic E-state index is 0.483. The van der Waals surface area contributed by atoms with Crippen LogP contribution >= 0.6 is 0 Å². The van der Waals surface area contributed by atoms with E-state index < -0.39 is 0 Å². The third-order valence-corrected chi connectivity index (χ3v) is 3.21. The van der Waals surface area contributed by atoms with Crippen molar-refractivity contribution in [3.05, 3.63) is 53.6 Å². The highest BCUT2D eigenvalue weighted by atomic mass is 16.5. The van der Waals surface area contributed by atoms with E-state index in [1.807, 2.05) is 42.5 Å². The van der Waals surface area contributed by atoms with Gasteiger partial charge in [-0.1, -0.05) is 18.2 Å². The average molecular weight is 287 g/mol. The Morgan fingerprint density at radius 3 is 2.19 bits per heavy atom. The van der Waals surface area contributed by atoms with Gasteiger partial charge in [-0.25, -0.2) is 0 Å². The van der Waals surface area contributed by atoms with E-state index in [1.165, 1.54) is 0 Å². The molecule has 2 N–H and O–H groups in total. The maximum atomic E-state index is 5.82. The quantitative estimate of drug-likeness (QED) is 0.851. The minimum Gasteiger partial charge on any atom is -0.497 e. The Morgan fingerprint density at radius 2 is 1.57 bits per heavy atom. The van der Waals surface area contributed by atoms with Crippen molar-refractivity contribution in [3.8, 4) is 17.2 Å². The van der Waals surface area contributed by atoms with Crippen LogP contribution in [0.3, 0.4) is 0 Å². The molecule has 4 nitrogen and oxygen atoms in total. The van der Waals surface area contributed by atoms with Crippen LogP contribution in [0, 0.1) is 0 Å². The predicted octanol–water partition coefficient (Wildman–Crippen LogP) is 2.78. The number of benzene rings is 2. The molecule has 0 aromatic heterocycles. The van der Waals surface area contributed by atoms with Crippen LogP contribution in [0.4, 0.5) is 0 Å². The van der Waals surface area contributed by atoms with Gasteiger partial charge in [0.25, 0.3) is 0 Å². The van der Waals surface area contributed by atoms with Crippen LogP contribution < -0.4 is 19.9 Å². The number of methoxy groups -OCH3 is 2. The number of ether oxygens (including phenoxy) is 3. The van der Waals surface area contributed by atoms with E-state index >= 15 is 0 Å². The standard InChI is InChI=1S/C17H21NO3/c1-19-15-6-3-14(4-7-15)12-21-16-8-5-13(9-10-18)11-17(16)20-2/h3-8,11H,9-10,12,18H2,1-2H3. The van der Waals surface area contributed by atoms with Gasteiger partial charge < -0.3 is 19.9 Å². The third-order valence-electron chi connectivity index (χ3n) is 3.21. The topological polar surface area (TPSA) is 53.7 Å². The van der Waals surface area contributed by atoms with Crippen molar-refractivity contribution in [1.82, 2.24) is 0 Å². The number of nitrogens with two attached hydrogens (primary N) is 1. The monoisotopic (exact) mass is 287 g/mol. The summed E-state index contributed by atoms with van der Waals surface area (Å²) in [5.41, 5.74) is 7.78. The van der Waals surface area contributed by atoms with Gasteiger partial charge in [-0.15, -0.1) is 0 Å². The first-order valence-corrected chi connectivity index (χ1v) is 6.89. The molecule has 2 aromatic rings. The number of hydrogen-bond donors (Lipinski definition) is 1. The van der Waals surface area contributed by atoms with Gasteiger partial charge in [-0.2, -0.15) is 0 Å². The zero-order chi connectivity index (χ0) is 15.1. The Hall–Kier alpha value is -2.20. The van der Waals surface area contributed by atoms with Gasteiger partial charge in [0.15, 0.2) is 11.5 Å². The Bertz CT molecular complexity index is 567. The maximum Gasteiger partial charge on any atom is 0.161 e. The molecule has 0 saturated carbocycles. The molecule has 0 aliphatic carbocycles. The highest BCUT2D eigenvalue weighted by molar-refractivity contribution is 5.43. The molecule has 2 aromatic carbocycles. The second kappa shape index (κ2) is 7.55. The molecular formula is C17H21NO3. The van der Waals surface area contributed by atoms with E-state index in [4.69, 9.17) is 19.9 Å². The van der Waals surface area contributed by atoms with Crippen molar-refractivity contribution in [2.24, 2.45) is 5.73 Å². The van der Waals surface area contributed by atoms with Crippen molar-refractivity contribution in [1.29, 1.82) is 0 Å². The molecule has 112 valence electrons. The first kappa shape index (κ1) is 15.2. The molecule has 0 unspecified atom stereocenters. The molecule has 0 atom stereocenters. The van der Waals surface area contributed by atoms with E-state index in [2.05, 4.69) is 0 Å². The van der Waals surface area contributed by atoms with E-state index in [-0.39, 0.29) is 0 Å². The lowest BCUT2D eigenvalue weighted by Gasteiger charge is -2.12. The summed E-state index contributed by atoms with van der Waals surface area (Å²) in [5, 5.41) is 0. The molecule has 4 heteroatoms. The van der Waals surface area contributed by atoms with Crippen LogP contribution in [0.25, 0.3) is 0 Å². The van der Waals surface area contributed by atoms with E-state index in [0.29, 0.717) is 13.2 Å². The van der Waals surface area contributed by atoms with Crippen LogP contribution in [-0.4, -0.2) is 20.8 Å². The zero-order valence-corrected chi connectivity index (χ0v) is 12.5. The smallest absolute Gasteiger partial charge is 0.161 e. The molecule has 0 heterocycles. The lowest BCUT2D eigenvalue weighted by Crippen LogP contribution is -2.03. The fraction of sp³-hybridized carbons (Fsp3) is 0.294. The second-order valence-corrected chi connectivity index (χ2v) is 4.66. The normalized spacial score (nSPS) is 10.2. The molecule has 0 bridgehead atoms. The van der Waals surface area contributed by atoms with Crippen LogP contribution in [0.1, 0.15) is 11.1 Å². The Labute approximate surface area is 125 Å². The van der Waals surface area contributed by atoms with E-state index in [9.17, 15) is 0 Å². The maximum absolute atomic E-state index is 5.82. The molecule has 0 radical (unpaired) electrons. The molecule has 21 heavy (non-hydrogen) atoms. The lowest BCUT2D eigenvalue weighted by atomic mass is 10.1. The first-order chi connectivity index (χ1) is 10.3. The minimum atomic E-state index is 0.483. The molecular weight excluding hydrogens is 266 g/mol. The third kappa shape index (κ3) is 4.13. The molecule has 0 spiro atoms. The summed E-state index contributed by atoms with van der Waals surface area (Å²) < 4.78 is 16.3. The lowest BCUT2D eigenvalue weighted by molar-refractivity contribution is 0.284. The number of hydrogen-bond acceptors (Lipinski definition) is 4. The Morgan fingerprint density at radius 1 is 0.857 bits per heavy atom. The fourth-order valence-electron chi connectivity index (χ4n) is 2.04. The van der Waals surface area contributed by atoms with Crippen molar-refractivity contribution >= 4 is 0 Å². The van der Waals surface area contributed by atoms with Gasteiger partial charge in [0.05, 0.1) is 14.2 Å². The zero-order valence-electron chi connectivity index (χ0n) is 12.5.